The van der Waals surface area contributed by atoms with Gasteiger partial charge >= 0.3 is 5.97 Å². The number of hydrogen-bond donors (Lipinski definition) is 2. The summed E-state index contributed by atoms with van der Waals surface area (Å²) in [5.74, 6) is -1.87. The first-order valence-corrected chi connectivity index (χ1v) is 7.59. The number of carbonyl (C=O) groups is 1. The summed E-state index contributed by atoms with van der Waals surface area (Å²) in [7, 11) is -3.49. The topological polar surface area (TPSA) is 96.4 Å². The van der Waals surface area contributed by atoms with E-state index in [4.69, 9.17) is 5.11 Å². The van der Waals surface area contributed by atoms with Gasteiger partial charge in [-0.15, -0.1) is 0 Å². The van der Waals surface area contributed by atoms with Crippen molar-refractivity contribution < 1.29 is 18.3 Å². The number of aromatic nitrogens is 1. The van der Waals surface area contributed by atoms with Gasteiger partial charge in [-0.1, -0.05) is 6.92 Å². The normalized spacial score (nSPS) is 14.8. The van der Waals surface area contributed by atoms with Gasteiger partial charge in [0.2, 0.25) is 10.0 Å². The van der Waals surface area contributed by atoms with E-state index in [0.29, 0.717) is 6.42 Å². The number of rotatable bonds is 7. The Labute approximate surface area is 112 Å². The summed E-state index contributed by atoms with van der Waals surface area (Å²) in [5.41, 5.74) is 0.874. The van der Waals surface area contributed by atoms with Crippen molar-refractivity contribution in [3.05, 3.63) is 30.1 Å². The standard InChI is InChI=1S/C12H18N2O4S/c1-9(12(15)16)10(2)14-19(17,18)8-5-11-3-6-13-7-4-11/h3-4,6-7,9-10,14H,5,8H2,1-2H3,(H,15,16). The minimum Gasteiger partial charge on any atom is -0.481 e. The molecule has 1 aromatic rings. The minimum absolute atomic E-state index is 0.0757. The highest BCUT2D eigenvalue weighted by molar-refractivity contribution is 7.89. The summed E-state index contributed by atoms with van der Waals surface area (Å²) in [6.07, 6.45) is 3.57. The first-order chi connectivity index (χ1) is 8.82. The van der Waals surface area contributed by atoms with Gasteiger partial charge in [0.25, 0.3) is 0 Å². The number of sulfonamides is 1. The number of carboxylic acid groups (broad SMARTS) is 1. The summed E-state index contributed by atoms with van der Waals surface area (Å²) in [6, 6.07) is 2.86. The van der Waals surface area contributed by atoms with Crippen LogP contribution in [0.3, 0.4) is 0 Å². The Kier molecular flexibility index (Phi) is 5.44. The molecule has 0 aliphatic carbocycles. The molecule has 6 nitrogen and oxygen atoms in total. The van der Waals surface area contributed by atoms with Gasteiger partial charge in [0.05, 0.1) is 11.7 Å². The second kappa shape index (κ2) is 6.63. The molecule has 1 heterocycles. The number of nitrogens with one attached hydrogen (secondary N) is 1. The van der Waals surface area contributed by atoms with Gasteiger partial charge in [0.1, 0.15) is 0 Å². The van der Waals surface area contributed by atoms with Crippen LogP contribution in [0.25, 0.3) is 0 Å². The summed E-state index contributed by atoms with van der Waals surface area (Å²) in [6.45, 7) is 3.02. The van der Waals surface area contributed by atoms with E-state index >= 15 is 0 Å². The Balaban J connectivity index is 2.55. The Morgan fingerprint density at radius 1 is 1.37 bits per heavy atom. The fourth-order valence-corrected chi connectivity index (χ4v) is 2.85. The van der Waals surface area contributed by atoms with E-state index in [-0.39, 0.29) is 5.75 Å². The number of hydrogen-bond acceptors (Lipinski definition) is 4. The predicted octanol–water partition coefficient (Wildman–Crippen LogP) is 0.653. The zero-order valence-corrected chi connectivity index (χ0v) is 11.7. The lowest BCUT2D eigenvalue weighted by Gasteiger charge is -2.17. The van der Waals surface area contributed by atoms with Crippen LogP contribution in [0.2, 0.25) is 0 Å². The van der Waals surface area contributed by atoms with Crippen molar-refractivity contribution >= 4 is 16.0 Å². The van der Waals surface area contributed by atoms with Crippen LogP contribution in [0.4, 0.5) is 0 Å². The van der Waals surface area contributed by atoms with Crippen LogP contribution < -0.4 is 4.72 Å². The molecule has 2 unspecified atom stereocenters. The molecule has 0 radical (unpaired) electrons. The maximum atomic E-state index is 11.8. The fraction of sp³-hybridized carbons (Fsp3) is 0.500. The minimum atomic E-state index is -3.49. The van der Waals surface area contributed by atoms with Crippen LogP contribution in [0.15, 0.2) is 24.5 Å². The molecule has 2 N–H and O–H groups in total. The van der Waals surface area contributed by atoms with Gasteiger partial charge in [-0.3, -0.25) is 9.78 Å². The molecule has 1 rings (SSSR count). The molecule has 106 valence electrons. The maximum absolute atomic E-state index is 11.8. The van der Waals surface area contributed by atoms with Gasteiger partial charge in [-0.2, -0.15) is 0 Å². The summed E-state index contributed by atoms with van der Waals surface area (Å²) in [5, 5.41) is 8.82. The van der Waals surface area contributed by atoms with E-state index in [2.05, 4.69) is 9.71 Å². The quantitative estimate of drug-likeness (QED) is 0.767. The largest absolute Gasteiger partial charge is 0.481 e. The van der Waals surface area contributed by atoms with Crippen molar-refractivity contribution in [2.75, 3.05) is 5.75 Å². The molecule has 0 saturated heterocycles. The zero-order chi connectivity index (χ0) is 14.5. The molecule has 0 amide bonds. The molecule has 0 aromatic carbocycles. The van der Waals surface area contributed by atoms with Gasteiger partial charge in [-0.25, -0.2) is 13.1 Å². The van der Waals surface area contributed by atoms with Gasteiger partial charge < -0.3 is 5.11 Å². The van der Waals surface area contributed by atoms with Crippen molar-refractivity contribution in [3.8, 4) is 0 Å². The predicted molar refractivity (Wildman–Crippen MR) is 71.1 cm³/mol. The third kappa shape index (κ3) is 5.35. The van der Waals surface area contributed by atoms with Crippen molar-refractivity contribution in [2.24, 2.45) is 5.92 Å². The van der Waals surface area contributed by atoms with Crippen LogP contribution in [-0.4, -0.2) is 36.3 Å². The molecule has 0 saturated carbocycles. The lowest BCUT2D eigenvalue weighted by molar-refractivity contribution is -0.141. The van der Waals surface area contributed by atoms with Crippen LogP contribution in [0, 0.1) is 5.92 Å². The summed E-state index contributed by atoms with van der Waals surface area (Å²) in [4.78, 5) is 14.6. The Morgan fingerprint density at radius 3 is 2.47 bits per heavy atom. The Hall–Kier alpha value is -1.47. The molecule has 0 aliphatic rings. The second-order valence-corrected chi connectivity index (χ2v) is 6.33. The van der Waals surface area contributed by atoms with Gasteiger partial charge in [-0.05, 0) is 31.0 Å². The average molecular weight is 286 g/mol. The third-order valence-corrected chi connectivity index (χ3v) is 4.39. The van der Waals surface area contributed by atoms with Gasteiger partial charge in [0, 0.05) is 18.4 Å². The van der Waals surface area contributed by atoms with Crippen molar-refractivity contribution in [2.45, 2.75) is 26.3 Å². The van der Waals surface area contributed by atoms with E-state index in [9.17, 15) is 13.2 Å². The first kappa shape index (κ1) is 15.6. The van der Waals surface area contributed by atoms with Crippen LogP contribution in [-0.2, 0) is 21.2 Å². The van der Waals surface area contributed by atoms with Crippen molar-refractivity contribution in [1.82, 2.24) is 9.71 Å². The lowest BCUT2D eigenvalue weighted by Crippen LogP contribution is -2.41. The zero-order valence-electron chi connectivity index (χ0n) is 10.9. The average Bonchev–Trinajstić information content (AvgIpc) is 2.36. The summed E-state index contributed by atoms with van der Waals surface area (Å²) >= 11 is 0. The molecule has 0 spiro atoms. The number of aliphatic carboxylic acids is 1. The highest BCUT2D eigenvalue weighted by atomic mass is 32.2. The molecule has 0 fully saturated rings. The number of carboxylic acids is 1. The van der Waals surface area contributed by atoms with Crippen LogP contribution >= 0.6 is 0 Å². The number of pyridine rings is 1. The molecule has 0 bridgehead atoms. The van der Waals surface area contributed by atoms with E-state index in [1.165, 1.54) is 6.92 Å². The number of aryl methyl sites for hydroxylation is 1. The molecule has 7 heteroatoms. The fourth-order valence-electron chi connectivity index (χ4n) is 1.46. The number of nitrogens with zero attached hydrogens (tertiary/aromatic N) is 1. The van der Waals surface area contributed by atoms with Crippen LogP contribution in [0.1, 0.15) is 19.4 Å². The van der Waals surface area contributed by atoms with E-state index in [0.717, 1.165) is 5.56 Å². The van der Waals surface area contributed by atoms with E-state index in [1.807, 2.05) is 0 Å². The molecule has 19 heavy (non-hydrogen) atoms. The molecular formula is C12H18N2O4S. The molecule has 0 aliphatic heterocycles. The van der Waals surface area contributed by atoms with E-state index in [1.54, 1.807) is 31.5 Å². The molecule has 1 aromatic heterocycles. The summed E-state index contributed by atoms with van der Waals surface area (Å²) < 4.78 is 26.0. The van der Waals surface area contributed by atoms with Crippen LogP contribution in [0.5, 0.6) is 0 Å². The molecular weight excluding hydrogens is 268 g/mol. The SMILES string of the molecule is CC(NS(=O)(=O)CCc1ccncc1)C(C)C(=O)O. The smallest absolute Gasteiger partial charge is 0.307 e. The van der Waals surface area contributed by atoms with E-state index < -0.39 is 28.0 Å². The lowest BCUT2D eigenvalue weighted by atomic mass is 10.1. The monoisotopic (exact) mass is 286 g/mol. The highest BCUT2D eigenvalue weighted by Crippen LogP contribution is 2.06. The van der Waals surface area contributed by atoms with Crippen molar-refractivity contribution in [1.29, 1.82) is 0 Å². The first-order valence-electron chi connectivity index (χ1n) is 5.93. The molecule has 2 atom stereocenters. The third-order valence-electron chi connectivity index (χ3n) is 2.91. The second-order valence-electron chi connectivity index (χ2n) is 4.46. The maximum Gasteiger partial charge on any atom is 0.307 e. The Bertz CT molecular complexity index is 516. The highest BCUT2D eigenvalue weighted by Gasteiger charge is 2.23. The Morgan fingerprint density at radius 2 is 1.95 bits per heavy atom. The van der Waals surface area contributed by atoms with Gasteiger partial charge in [0.15, 0.2) is 0 Å². The van der Waals surface area contributed by atoms with Crippen molar-refractivity contribution in [3.63, 3.8) is 0 Å².